The molecular formula is C15H20N2O2. The number of methoxy groups -OCH3 is 1. The molecule has 4 nitrogen and oxygen atoms in total. The van der Waals surface area contributed by atoms with Crippen LogP contribution in [0.5, 0.6) is 5.75 Å². The minimum Gasteiger partial charge on any atom is -0.492 e. The summed E-state index contributed by atoms with van der Waals surface area (Å²) in [5.41, 5.74) is 0.661. The summed E-state index contributed by atoms with van der Waals surface area (Å²) in [7, 11) is 1.76. The fourth-order valence-corrected chi connectivity index (χ4v) is 2.41. The zero-order valence-corrected chi connectivity index (χ0v) is 11.3. The molecule has 0 aliphatic carbocycles. The van der Waals surface area contributed by atoms with Crippen molar-refractivity contribution in [2.75, 3.05) is 40.0 Å². The Morgan fingerprint density at radius 1 is 1.37 bits per heavy atom. The third-order valence-corrected chi connectivity index (χ3v) is 3.43. The molecule has 0 N–H and O–H groups in total. The predicted molar refractivity (Wildman–Crippen MR) is 73.1 cm³/mol. The molecule has 1 atom stereocenters. The summed E-state index contributed by atoms with van der Waals surface area (Å²) in [6, 6.07) is 9.34. The first-order chi connectivity index (χ1) is 9.31. The normalized spacial score (nSPS) is 19.3. The second-order valence-corrected chi connectivity index (χ2v) is 4.90. The van der Waals surface area contributed by atoms with Crippen LogP contribution in [0.25, 0.3) is 0 Å². The average Bonchev–Trinajstić information content (AvgIpc) is 2.88. The van der Waals surface area contributed by atoms with Crippen LogP contribution in [0.3, 0.4) is 0 Å². The van der Waals surface area contributed by atoms with Gasteiger partial charge in [0.1, 0.15) is 12.4 Å². The van der Waals surface area contributed by atoms with Gasteiger partial charge in [0.25, 0.3) is 0 Å². The molecule has 0 radical (unpaired) electrons. The van der Waals surface area contributed by atoms with E-state index in [1.165, 1.54) is 6.42 Å². The first-order valence-corrected chi connectivity index (χ1v) is 6.66. The van der Waals surface area contributed by atoms with Crippen LogP contribution < -0.4 is 4.74 Å². The number of ether oxygens (including phenoxy) is 2. The van der Waals surface area contributed by atoms with Crippen LogP contribution >= 0.6 is 0 Å². The van der Waals surface area contributed by atoms with Gasteiger partial charge in [0.15, 0.2) is 0 Å². The molecule has 1 heterocycles. The lowest BCUT2D eigenvalue weighted by molar-refractivity contribution is 0.150. The topological polar surface area (TPSA) is 45.5 Å². The largest absolute Gasteiger partial charge is 0.492 e. The predicted octanol–water partition coefficient (Wildman–Crippen LogP) is 1.91. The summed E-state index contributed by atoms with van der Waals surface area (Å²) >= 11 is 0. The summed E-state index contributed by atoms with van der Waals surface area (Å²) < 4.78 is 10.9. The second-order valence-electron chi connectivity index (χ2n) is 4.90. The van der Waals surface area contributed by atoms with E-state index in [-0.39, 0.29) is 0 Å². The number of likely N-dealkylation sites (tertiary alicyclic amines) is 1. The quantitative estimate of drug-likeness (QED) is 0.783. The zero-order valence-electron chi connectivity index (χ0n) is 11.3. The van der Waals surface area contributed by atoms with Crippen molar-refractivity contribution in [2.45, 2.75) is 6.42 Å². The van der Waals surface area contributed by atoms with Crippen molar-refractivity contribution in [3.63, 3.8) is 0 Å². The van der Waals surface area contributed by atoms with Gasteiger partial charge in [-0.3, -0.25) is 4.90 Å². The second kappa shape index (κ2) is 7.13. The van der Waals surface area contributed by atoms with Gasteiger partial charge in [-0.2, -0.15) is 5.26 Å². The van der Waals surface area contributed by atoms with Gasteiger partial charge in [0, 0.05) is 20.2 Å². The molecule has 19 heavy (non-hydrogen) atoms. The molecule has 1 fully saturated rings. The van der Waals surface area contributed by atoms with Gasteiger partial charge in [-0.15, -0.1) is 0 Å². The zero-order chi connectivity index (χ0) is 13.5. The number of benzene rings is 1. The number of rotatable bonds is 6. The lowest BCUT2D eigenvalue weighted by Crippen LogP contribution is -2.26. The maximum Gasteiger partial charge on any atom is 0.119 e. The molecule has 1 unspecified atom stereocenters. The van der Waals surface area contributed by atoms with Crippen LogP contribution in [0.2, 0.25) is 0 Å². The minimum atomic E-state index is 0.661. The standard InChI is InChI=1S/C15H20N2O2/c1-18-12-14-6-7-17(11-14)8-9-19-15-4-2-13(10-16)3-5-15/h2-5,14H,6-9,11-12H2,1H3. The molecule has 102 valence electrons. The highest BCUT2D eigenvalue weighted by Crippen LogP contribution is 2.16. The van der Waals surface area contributed by atoms with Crippen molar-refractivity contribution in [1.82, 2.24) is 4.90 Å². The van der Waals surface area contributed by atoms with E-state index in [1.54, 1.807) is 19.2 Å². The van der Waals surface area contributed by atoms with Crippen molar-refractivity contribution in [1.29, 1.82) is 5.26 Å². The highest BCUT2D eigenvalue weighted by atomic mass is 16.5. The Balaban J connectivity index is 1.68. The molecule has 0 amide bonds. The third-order valence-electron chi connectivity index (χ3n) is 3.43. The Bertz CT molecular complexity index is 425. The summed E-state index contributed by atoms with van der Waals surface area (Å²) in [5, 5.41) is 8.71. The number of nitrogens with zero attached hydrogens (tertiary/aromatic N) is 2. The van der Waals surface area contributed by atoms with Crippen LogP contribution in [0.1, 0.15) is 12.0 Å². The number of hydrogen-bond acceptors (Lipinski definition) is 4. The molecule has 2 rings (SSSR count). The van der Waals surface area contributed by atoms with Crippen LogP contribution in [-0.4, -0.2) is 44.9 Å². The van der Waals surface area contributed by atoms with Crippen LogP contribution in [0.4, 0.5) is 0 Å². The molecule has 1 aliphatic heterocycles. The highest BCUT2D eigenvalue weighted by molar-refractivity contribution is 5.34. The molecule has 0 spiro atoms. The molecule has 0 saturated carbocycles. The Morgan fingerprint density at radius 2 is 2.16 bits per heavy atom. The first-order valence-electron chi connectivity index (χ1n) is 6.66. The van der Waals surface area contributed by atoms with Crippen molar-refractivity contribution >= 4 is 0 Å². The maximum atomic E-state index is 8.71. The Morgan fingerprint density at radius 3 is 2.84 bits per heavy atom. The maximum absolute atomic E-state index is 8.71. The molecule has 0 bridgehead atoms. The summed E-state index contributed by atoms with van der Waals surface area (Å²) in [6.45, 7) is 4.72. The van der Waals surface area contributed by atoms with Gasteiger partial charge in [0.2, 0.25) is 0 Å². The van der Waals surface area contributed by atoms with Crippen molar-refractivity contribution in [2.24, 2.45) is 5.92 Å². The van der Waals surface area contributed by atoms with Crippen molar-refractivity contribution in [3.05, 3.63) is 29.8 Å². The van der Waals surface area contributed by atoms with Crippen LogP contribution in [0.15, 0.2) is 24.3 Å². The lowest BCUT2D eigenvalue weighted by atomic mass is 10.1. The molecule has 1 aliphatic rings. The summed E-state index contributed by atoms with van der Waals surface area (Å²) in [5.74, 6) is 1.49. The monoisotopic (exact) mass is 260 g/mol. The first kappa shape index (κ1) is 13.9. The summed E-state index contributed by atoms with van der Waals surface area (Å²) in [6.07, 6.45) is 1.21. The summed E-state index contributed by atoms with van der Waals surface area (Å²) in [4.78, 5) is 2.41. The van der Waals surface area contributed by atoms with Crippen molar-refractivity contribution < 1.29 is 9.47 Å². The van der Waals surface area contributed by atoms with Crippen LogP contribution in [0, 0.1) is 17.2 Å². The van der Waals surface area contributed by atoms with E-state index >= 15 is 0 Å². The Kier molecular flexibility index (Phi) is 5.20. The molecule has 1 aromatic carbocycles. The molecule has 4 heteroatoms. The molecule has 1 saturated heterocycles. The van der Waals surface area contributed by atoms with Crippen LogP contribution in [-0.2, 0) is 4.74 Å². The third kappa shape index (κ3) is 4.23. The molecule has 1 aromatic rings. The van der Waals surface area contributed by atoms with Gasteiger partial charge >= 0.3 is 0 Å². The van der Waals surface area contributed by atoms with E-state index < -0.39 is 0 Å². The van der Waals surface area contributed by atoms with Gasteiger partial charge < -0.3 is 9.47 Å². The number of hydrogen-bond donors (Lipinski definition) is 0. The Labute approximate surface area is 114 Å². The van der Waals surface area contributed by atoms with E-state index in [0.717, 1.165) is 32.0 Å². The number of nitriles is 1. The SMILES string of the molecule is COCC1CCN(CCOc2ccc(C#N)cc2)C1. The van der Waals surface area contributed by atoms with E-state index in [4.69, 9.17) is 14.7 Å². The minimum absolute atomic E-state index is 0.661. The van der Waals surface area contributed by atoms with E-state index in [0.29, 0.717) is 18.1 Å². The fourth-order valence-electron chi connectivity index (χ4n) is 2.41. The Hall–Kier alpha value is -1.57. The van der Waals surface area contributed by atoms with Gasteiger partial charge in [-0.25, -0.2) is 0 Å². The fraction of sp³-hybridized carbons (Fsp3) is 0.533. The van der Waals surface area contributed by atoms with Gasteiger partial charge in [0.05, 0.1) is 18.2 Å². The smallest absolute Gasteiger partial charge is 0.119 e. The lowest BCUT2D eigenvalue weighted by Gasteiger charge is -2.16. The van der Waals surface area contributed by atoms with E-state index in [1.807, 2.05) is 12.1 Å². The van der Waals surface area contributed by atoms with Gasteiger partial charge in [-0.05, 0) is 43.1 Å². The van der Waals surface area contributed by atoms with E-state index in [2.05, 4.69) is 11.0 Å². The van der Waals surface area contributed by atoms with E-state index in [9.17, 15) is 0 Å². The average molecular weight is 260 g/mol. The molecular weight excluding hydrogens is 240 g/mol. The highest BCUT2D eigenvalue weighted by Gasteiger charge is 2.21. The van der Waals surface area contributed by atoms with Gasteiger partial charge in [-0.1, -0.05) is 0 Å². The van der Waals surface area contributed by atoms with Crippen molar-refractivity contribution in [3.8, 4) is 11.8 Å². The molecule has 0 aromatic heterocycles.